The van der Waals surface area contributed by atoms with Crippen LogP contribution >= 0.6 is 0 Å². The van der Waals surface area contributed by atoms with Gasteiger partial charge in [0.1, 0.15) is 6.67 Å². The summed E-state index contributed by atoms with van der Waals surface area (Å²) < 4.78 is 67.9. The van der Waals surface area contributed by atoms with Crippen molar-refractivity contribution in [3.05, 3.63) is 0 Å². The molecule has 0 bridgehead atoms. The van der Waals surface area contributed by atoms with Crippen LogP contribution in [-0.2, 0) is 17.1 Å². The summed E-state index contributed by atoms with van der Waals surface area (Å²) in [4.78, 5) is 0. The van der Waals surface area contributed by atoms with E-state index in [-0.39, 0.29) is 23.4 Å². The normalized spacial score (nSPS) is 18.3. The van der Waals surface area contributed by atoms with E-state index in [4.69, 9.17) is 43.0 Å². The van der Waals surface area contributed by atoms with Gasteiger partial charge >= 0.3 is 17.1 Å². The van der Waals surface area contributed by atoms with Gasteiger partial charge in [-0.25, -0.2) is 37.3 Å². The van der Waals surface area contributed by atoms with E-state index in [1.165, 1.54) is 0 Å². The Bertz CT molecular complexity index is 183. The molecule has 0 aromatic heterocycles. The molecule has 15 heteroatoms. The van der Waals surface area contributed by atoms with E-state index < -0.39 is 20.5 Å². The van der Waals surface area contributed by atoms with Gasteiger partial charge in [-0.15, -0.1) is 20.5 Å². The van der Waals surface area contributed by atoms with Crippen molar-refractivity contribution in [1.29, 1.82) is 0 Å². The number of nitrogens with one attached hydrogen (secondary N) is 1. The molecule has 17 heavy (non-hydrogen) atoms. The molecule has 0 spiro atoms. The van der Waals surface area contributed by atoms with Gasteiger partial charge in [-0.1, -0.05) is 0 Å². The molecule has 1 aliphatic rings. The largest absolute Gasteiger partial charge is 2.00 e. The summed E-state index contributed by atoms with van der Waals surface area (Å²) in [5.41, 5.74) is 5.16. The Morgan fingerprint density at radius 2 is 1.24 bits per heavy atom. The number of hydrogen-bond donors (Lipinski definition) is 2. The van der Waals surface area contributed by atoms with E-state index >= 15 is 0 Å². The first-order valence-corrected chi connectivity index (χ1v) is 5.45. The SMILES string of the molecule is NC1N=NCN1.[Cu+2].[O-][Cl+3]([O-])([O-])[O-].[O-][Cl+3]([O-])([O-])[O-]. The Morgan fingerprint density at radius 1 is 0.941 bits per heavy atom. The zero-order valence-corrected chi connectivity index (χ0v) is 10.0. The number of azo groups is 1. The van der Waals surface area contributed by atoms with Crippen LogP contribution in [-0.4, -0.2) is 13.0 Å². The Kier molecular flexibility index (Phi) is 13.5. The predicted octanol–water partition coefficient (Wildman–Crippen LogP) is -10.3. The van der Waals surface area contributed by atoms with Gasteiger partial charge < -0.3 is 0 Å². The molecule has 1 unspecified atom stereocenters. The zero-order valence-electron chi connectivity index (χ0n) is 7.58. The number of rotatable bonds is 0. The molecule has 1 heterocycles. The molecule has 1 rings (SSSR count). The number of nitrogens with two attached hydrogens (primary N) is 1. The van der Waals surface area contributed by atoms with Crippen LogP contribution in [0, 0.1) is 20.5 Å². The second kappa shape index (κ2) is 10.2. The summed E-state index contributed by atoms with van der Waals surface area (Å²) in [6.45, 7) is 0.571. The van der Waals surface area contributed by atoms with Gasteiger partial charge in [0.25, 0.3) is 0 Å². The third-order valence-corrected chi connectivity index (χ3v) is 0.577. The van der Waals surface area contributed by atoms with Crippen molar-refractivity contribution in [1.82, 2.24) is 5.32 Å². The molecule has 1 aliphatic heterocycles. The molecule has 0 fully saturated rings. The molecule has 1 atom stereocenters. The summed E-state index contributed by atoms with van der Waals surface area (Å²) in [5, 5.41) is 9.84. The molecule has 0 aromatic rings. The van der Waals surface area contributed by atoms with Crippen LogP contribution < -0.4 is 48.3 Å². The van der Waals surface area contributed by atoms with Gasteiger partial charge in [0, 0.05) is 0 Å². The van der Waals surface area contributed by atoms with Gasteiger partial charge in [0.15, 0.2) is 6.29 Å². The quantitative estimate of drug-likeness (QED) is 0.391. The molecule has 107 valence electrons. The topological polar surface area (TPSA) is 247 Å². The summed E-state index contributed by atoms with van der Waals surface area (Å²) >= 11 is 0. The number of nitrogens with zero attached hydrogens (tertiary/aromatic N) is 2. The summed E-state index contributed by atoms with van der Waals surface area (Å²) in [5.74, 6) is 0. The third-order valence-electron chi connectivity index (χ3n) is 0.577. The van der Waals surface area contributed by atoms with Crippen LogP contribution in [0.1, 0.15) is 0 Å². The van der Waals surface area contributed by atoms with Crippen LogP contribution in [0.3, 0.4) is 0 Å². The standard InChI is InChI=1S/C2H6N4.2ClHO4.Cu/c3-2-4-1-5-6-2;2*2-1(3,4)5;/h2,4H,1,3H2;2*(H,2,3,4,5);/q;;;+2/p-2. The minimum Gasteiger partial charge on any atom is -0.296 e. The molecule has 12 nitrogen and oxygen atoms in total. The van der Waals surface area contributed by atoms with E-state index in [0.29, 0.717) is 6.67 Å². The average Bonchev–Trinajstić information content (AvgIpc) is 2.30. The van der Waals surface area contributed by atoms with Gasteiger partial charge in [-0.2, -0.15) is 10.2 Å². The number of hydrogen-bond acceptors (Lipinski definition) is 12. The van der Waals surface area contributed by atoms with E-state index in [1.54, 1.807) is 0 Å². The molecular weight excluding hydrogens is 342 g/mol. The van der Waals surface area contributed by atoms with Crippen molar-refractivity contribution in [2.24, 2.45) is 16.0 Å². The minimum absolute atomic E-state index is 0. The number of halogens is 2. The average molecular weight is 349 g/mol. The first-order chi connectivity index (χ1) is 6.89. The van der Waals surface area contributed by atoms with E-state index in [0.717, 1.165) is 0 Å². The van der Waals surface area contributed by atoms with Crippen molar-refractivity contribution < 1.29 is 74.8 Å². The van der Waals surface area contributed by atoms with Gasteiger partial charge in [0.05, 0.1) is 0 Å². The molecule has 3 N–H and O–H groups in total. The van der Waals surface area contributed by atoms with E-state index in [1.807, 2.05) is 0 Å². The van der Waals surface area contributed by atoms with Crippen molar-refractivity contribution in [2.75, 3.05) is 6.67 Å². The fourth-order valence-corrected chi connectivity index (χ4v) is 0.304. The maximum absolute atomic E-state index is 8.49. The molecule has 0 amide bonds. The monoisotopic (exact) mass is 347 g/mol. The van der Waals surface area contributed by atoms with E-state index in [9.17, 15) is 0 Å². The Balaban J connectivity index is -0.000000170. The Morgan fingerprint density at radius 3 is 1.29 bits per heavy atom. The minimum atomic E-state index is -4.94. The molecule has 0 aromatic carbocycles. The van der Waals surface area contributed by atoms with Gasteiger partial charge in [-0.05, 0) is 0 Å². The van der Waals surface area contributed by atoms with Crippen LogP contribution in [0.5, 0.6) is 0 Å². The molecule has 1 radical (unpaired) electrons. The first kappa shape index (κ1) is 22.5. The van der Waals surface area contributed by atoms with Crippen LogP contribution in [0.2, 0.25) is 0 Å². The van der Waals surface area contributed by atoms with Gasteiger partial charge in [-0.3, -0.25) is 11.1 Å². The second-order valence-corrected chi connectivity index (χ2v) is 3.33. The van der Waals surface area contributed by atoms with Crippen LogP contribution in [0.4, 0.5) is 0 Å². The maximum Gasteiger partial charge on any atom is 2.00 e. The molecule has 0 aliphatic carbocycles. The zero-order chi connectivity index (χ0) is 13.4. The maximum atomic E-state index is 8.49. The molecular formula is C2H6Cl2CuN4O8. The summed E-state index contributed by atoms with van der Waals surface area (Å²) in [7, 11) is -9.89. The molecule has 0 saturated heterocycles. The van der Waals surface area contributed by atoms with Gasteiger partial charge in [0.2, 0.25) is 0 Å². The summed E-state index contributed by atoms with van der Waals surface area (Å²) in [6.07, 6.45) is -0.245. The fraction of sp³-hybridized carbons (Fsp3) is 1.00. The predicted molar refractivity (Wildman–Crippen MR) is 20.8 cm³/mol. The van der Waals surface area contributed by atoms with Crippen LogP contribution in [0.25, 0.3) is 0 Å². The fourth-order valence-electron chi connectivity index (χ4n) is 0.304. The van der Waals surface area contributed by atoms with E-state index in [2.05, 4.69) is 15.5 Å². The first-order valence-electron chi connectivity index (χ1n) is 2.98. The smallest absolute Gasteiger partial charge is 0.296 e. The van der Waals surface area contributed by atoms with Crippen LogP contribution in [0.15, 0.2) is 10.2 Å². The third kappa shape index (κ3) is 62.6. The van der Waals surface area contributed by atoms with Crippen molar-refractivity contribution in [3.63, 3.8) is 0 Å². The van der Waals surface area contributed by atoms with Crippen molar-refractivity contribution >= 4 is 0 Å². The molecule has 0 saturated carbocycles. The Labute approximate surface area is 109 Å². The second-order valence-electron chi connectivity index (χ2n) is 1.82. The van der Waals surface area contributed by atoms with Crippen molar-refractivity contribution in [2.45, 2.75) is 6.29 Å². The van der Waals surface area contributed by atoms with Crippen molar-refractivity contribution in [3.8, 4) is 0 Å². The Hall–Kier alpha value is 0.299. The summed E-state index contributed by atoms with van der Waals surface area (Å²) in [6, 6.07) is 0.